The maximum Gasteiger partial charge on any atom is 0.200 e. The van der Waals surface area contributed by atoms with Crippen LogP contribution >= 0.6 is 0 Å². The number of anilines is 1. The summed E-state index contributed by atoms with van der Waals surface area (Å²) in [6.07, 6.45) is 7.41. The number of carbonyl (C=O) groups excluding carboxylic acids is 1. The summed E-state index contributed by atoms with van der Waals surface area (Å²) < 4.78 is 0. The fourth-order valence-electron chi connectivity index (χ4n) is 2.32. The lowest BCUT2D eigenvalue weighted by molar-refractivity contribution is 0.0997. The third kappa shape index (κ3) is 5.33. The normalized spacial score (nSPS) is 10.6. The molecule has 0 atom stereocenters. The maximum absolute atomic E-state index is 11.4. The topological polar surface area (TPSA) is 83.8 Å². The summed E-state index contributed by atoms with van der Waals surface area (Å²) in [6.45, 7) is 0.859. The molecule has 0 amide bonds. The summed E-state index contributed by atoms with van der Waals surface area (Å²) in [7, 11) is 0. The van der Waals surface area contributed by atoms with Crippen molar-refractivity contribution >= 4 is 11.7 Å². The number of nitrogens with one attached hydrogen (secondary N) is 2. The van der Waals surface area contributed by atoms with E-state index >= 15 is 0 Å². The molecule has 0 aliphatic carbocycles. The number of aryl methyl sites for hydroxylation is 1. The number of rotatable bonds is 10. The molecule has 22 heavy (non-hydrogen) atoms. The van der Waals surface area contributed by atoms with E-state index < -0.39 is 0 Å². The molecule has 0 saturated heterocycles. The number of Topliss-reactive ketones (excluding diaryl/α,β-unsaturated/α-hetero) is 1. The van der Waals surface area contributed by atoms with E-state index in [0.717, 1.165) is 19.4 Å². The van der Waals surface area contributed by atoms with Crippen LogP contribution in [0.3, 0.4) is 0 Å². The summed E-state index contributed by atoms with van der Waals surface area (Å²) in [4.78, 5) is 18.4. The van der Waals surface area contributed by atoms with Gasteiger partial charge in [-0.1, -0.05) is 43.2 Å². The molecule has 0 fully saturated rings. The van der Waals surface area contributed by atoms with Crippen LogP contribution in [-0.2, 0) is 6.42 Å². The highest BCUT2D eigenvalue weighted by atomic mass is 16.1. The van der Waals surface area contributed by atoms with Gasteiger partial charge in [0.25, 0.3) is 0 Å². The number of H-pyrrole nitrogens is 1. The zero-order chi connectivity index (χ0) is 15.6. The maximum atomic E-state index is 11.4. The molecule has 2 rings (SSSR count). The Kier molecular flexibility index (Phi) is 6.64. The van der Waals surface area contributed by atoms with Crippen molar-refractivity contribution in [1.29, 1.82) is 0 Å². The van der Waals surface area contributed by atoms with Gasteiger partial charge in [0.15, 0.2) is 5.78 Å². The molecule has 2 aromatic rings. The standard InChI is InChI=1S/C17H24N4O/c18-12-16(22)15-13-20-17(21-15)19-11-7-2-1-4-8-14-9-5-3-6-10-14/h3,5-6,9-10,13H,1-2,4,7-8,11-12,18H2,(H2,19,20,21). The van der Waals surface area contributed by atoms with Crippen molar-refractivity contribution in [3.05, 3.63) is 47.8 Å². The molecule has 0 radical (unpaired) electrons. The van der Waals surface area contributed by atoms with Crippen LogP contribution in [0.4, 0.5) is 5.95 Å². The minimum atomic E-state index is -0.124. The molecule has 0 bridgehead atoms. The van der Waals surface area contributed by atoms with Crippen LogP contribution in [0.1, 0.15) is 41.7 Å². The first kappa shape index (κ1) is 16.2. The van der Waals surface area contributed by atoms with Gasteiger partial charge in [0.2, 0.25) is 5.95 Å². The van der Waals surface area contributed by atoms with Gasteiger partial charge in [0.1, 0.15) is 5.69 Å². The number of hydrogen-bond acceptors (Lipinski definition) is 4. The molecule has 0 aliphatic heterocycles. The Morgan fingerprint density at radius 3 is 2.68 bits per heavy atom. The second-order valence-corrected chi connectivity index (χ2v) is 5.35. The highest BCUT2D eigenvalue weighted by molar-refractivity contribution is 5.95. The lowest BCUT2D eigenvalue weighted by Crippen LogP contribution is -2.14. The van der Waals surface area contributed by atoms with Gasteiger partial charge in [-0.2, -0.15) is 0 Å². The molecule has 5 heteroatoms. The quantitative estimate of drug-likeness (QED) is 0.465. The van der Waals surface area contributed by atoms with Crippen molar-refractivity contribution < 1.29 is 4.79 Å². The molecule has 1 aromatic carbocycles. The largest absolute Gasteiger partial charge is 0.356 e. The molecular formula is C17H24N4O. The third-order valence-corrected chi connectivity index (χ3v) is 3.59. The predicted octanol–water partition coefficient (Wildman–Crippen LogP) is 2.77. The summed E-state index contributed by atoms with van der Waals surface area (Å²) in [5.41, 5.74) is 7.18. The molecule has 0 spiro atoms. The number of benzene rings is 1. The number of carbonyl (C=O) groups is 1. The first-order valence-corrected chi connectivity index (χ1v) is 7.85. The van der Waals surface area contributed by atoms with Gasteiger partial charge < -0.3 is 16.0 Å². The average molecular weight is 300 g/mol. The molecule has 5 nitrogen and oxygen atoms in total. The zero-order valence-electron chi connectivity index (χ0n) is 12.8. The van der Waals surface area contributed by atoms with E-state index in [4.69, 9.17) is 5.73 Å². The highest BCUT2D eigenvalue weighted by Crippen LogP contribution is 2.08. The van der Waals surface area contributed by atoms with Crippen LogP contribution < -0.4 is 11.1 Å². The first-order chi connectivity index (χ1) is 10.8. The minimum Gasteiger partial charge on any atom is -0.356 e. The highest BCUT2D eigenvalue weighted by Gasteiger charge is 2.06. The molecule has 118 valence electrons. The Balaban J connectivity index is 1.54. The van der Waals surface area contributed by atoms with Crippen LogP contribution in [0.2, 0.25) is 0 Å². The monoisotopic (exact) mass is 300 g/mol. The van der Waals surface area contributed by atoms with E-state index in [-0.39, 0.29) is 12.3 Å². The number of hydrogen-bond donors (Lipinski definition) is 3. The van der Waals surface area contributed by atoms with Gasteiger partial charge in [-0.25, -0.2) is 4.98 Å². The second-order valence-electron chi connectivity index (χ2n) is 5.35. The van der Waals surface area contributed by atoms with Gasteiger partial charge in [-0.15, -0.1) is 0 Å². The number of aromatic amines is 1. The van der Waals surface area contributed by atoms with Gasteiger partial charge in [-0.3, -0.25) is 4.79 Å². The summed E-state index contributed by atoms with van der Waals surface area (Å²) in [5.74, 6) is 0.516. The average Bonchev–Trinajstić information content (AvgIpc) is 3.03. The fraction of sp³-hybridized carbons (Fsp3) is 0.412. The Labute approximate surface area is 131 Å². The Morgan fingerprint density at radius 2 is 1.91 bits per heavy atom. The summed E-state index contributed by atoms with van der Waals surface area (Å²) in [6, 6.07) is 10.6. The lowest BCUT2D eigenvalue weighted by atomic mass is 10.1. The minimum absolute atomic E-state index is 0.00302. The predicted molar refractivity (Wildman–Crippen MR) is 89.1 cm³/mol. The molecule has 0 unspecified atom stereocenters. The zero-order valence-corrected chi connectivity index (χ0v) is 12.8. The summed E-state index contributed by atoms with van der Waals surface area (Å²) >= 11 is 0. The first-order valence-electron chi connectivity index (χ1n) is 7.85. The summed E-state index contributed by atoms with van der Waals surface area (Å²) in [5, 5.41) is 3.19. The number of nitrogens with two attached hydrogens (primary N) is 1. The van der Waals surface area contributed by atoms with Gasteiger partial charge in [-0.05, 0) is 24.8 Å². The molecule has 1 heterocycles. The van der Waals surface area contributed by atoms with Gasteiger partial charge in [0.05, 0.1) is 12.7 Å². The van der Waals surface area contributed by atoms with E-state index in [2.05, 4.69) is 45.6 Å². The van der Waals surface area contributed by atoms with Gasteiger partial charge >= 0.3 is 0 Å². The van der Waals surface area contributed by atoms with E-state index in [9.17, 15) is 4.79 Å². The SMILES string of the molecule is NCC(=O)c1cnc(NCCCCCCc2ccccc2)[nH]1. The number of unbranched alkanes of at least 4 members (excludes halogenated alkanes) is 3. The molecule has 0 saturated carbocycles. The smallest absolute Gasteiger partial charge is 0.200 e. The molecule has 1 aromatic heterocycles. The Bertz CT molecular complexity index is 565. The van der Waals surface area contributed by atoms with Crippen LogP contribution in [0.25, 0.3) is 0 Å². The van der Waals surface area contributed by atoms with Crippen molar-refractivity contribution in [3.63, 3.8) is 0 Å². The number of ketones is 1. The van der Waals surface area contributed by atoms with Crippen molar-refractivity contribution in [2.75, 3.05) is 18.4 Å². The van der Waals surface area contributed by atoms with Crippen molar-refractivity contribution in [2.45, 2.75) is 32.1 Å². The van der Waals surface area contributed by atoms with E-state index in [1.54, 1.807) is 0 Å². The Morgan fingerprint density at radius 1 is 1.14 bits per heavy atom. The molecule has 0 aliphatic rings. The molecule has 4 N–H and O–H groups in total. The van der Waals surface area contributed by atoms with Crippen LogP contribution in [0, 0.1) is 0 Å². The fourth-order valence-corrected chi connectivity index (χ4v) is 2.32. The lowest BCUT2D eigenvalue weighted by Gasteiger charge is -2.04. The number of imidazole rings is 1. The van der Waals surface area contributed by atoms with Crippen molar-refractivity contribution in [3.8, 4) is 0 Å². The van der Waals surface area contributed by atoms with E-state index in [1.165, 1.54) is 31.0 Å². The molecular weight excluding hydrogens is 276 g/mol. The van der Waals surface area contributed by atoms with E-state index in [0.29, 0.717) is 11.6 Å². The second kappa shape index (κ2) is 9.00. The van der Waals surface area contributed by atoms with Crippen LogP contribution in [-0.4, -0.2) is 28.8 Å². The number of nitrogens with zero attached hydrogens (tertiary/aromatic N) is 1. The van der Waals surface area contributed by atoms with Crippen molar-refractivity contribution in [1.82, 2.24) is 9.97 Å². The van der Waals surface area contributed by atoms with E-state index in [1.807, 2.05) is 0 Å². The number of aromatic nitrogens is 2. The van der Waals surface area contributed by atoms with Gasteiger partial charge in [0, 0.05) is 6.54 Å². The third-order valence-electron chi connectivity index (χ3n) is 3.59. The van der Waals surface area contributed by atoms with Crippen LogP contribution in [0.5, 0.6) is 0 Å². The van der Waals surface area contributed by atoms with Crippen molar-refractivity contribution in [2.24, 2.45) is 5.73 Å². The van der Waals surface area contributed by atoms with Crippen LogP contribution in [0.15, 0.2) is 36.5 Å². The Hall–Kier alpha value is -2.14.